The van der Waals surface area contributed by atoms with Crippen LogP contribution in [0.5, 0.6) is 0 Å². The first-order valence-corrected chi connectivity index (χ1v) is 4.17. The lowest BCUT2D eigenvalue weighted by molar-refractivity contribution is -0.141. The Morgan fingerprint density at radius 3 is 2.23 bits per heavy atom. The Hall–Kier alpha value is -0.450. The van der Waals surface area contributed by atoms with Gasteiger partial charge in [0.1, 0.15) is 5.38 Å². The van der Waals surface area contributed by atoms with Crippen molar-refractivity contribution in [2.24, 2.45) is 0 Å². The number of rotatable bonds is 3. The molecule has 0 heterocycles. The van der Waals surface area contributed by atoms with E-state index in [2.05, 4.69) is 5.32 Å². The van der Waals surface area contributed by atoms with Gasteiger partial charge in [-0.05, 0) is 13.8 Å². The van der Waals surface area contributed by atoms with Gasteiger partial charge in [-0.25, -0.2) is 0 Å². The Morgan fingerprint density at radius 1 is 1.46 bits per heavy atom. The molecule has 13 heavy (non-hydrogen) atoms. The molecule has 2 atom stereocenters. The zero-order valence-electron chi connectivity index (χ0n) is 7.28. The van der Waals surface area contributed by atoms with E-state index in [1.165, 1.54) is 13.8 Å². The maximum absolute atomic E-state index is 11.8. The molecule has 0 spiro atoms. The van der Waals surface area contributed by atoms with Crippen LogP contribution in [0.4, 0.5) is 13.2 Å². The van der Waals surface area contributed by atoms with Crippen molar-refractivity contribution in [1.29, 1.82) is 0 Å². The molecular weight excluding hydrogens is 207 g/mol. The molecule has 0 rings (SSSR count). The van der Waals surface area contributed by atoms with Crippen molar-refractivity contribution in [3.05, 3.63) is 0 Å². The van der Waals surface area contributed by atoms with Crippen LogP contribution < -0.4 is 5.32 Å². The summed E-state index contributed by atoms with van der Waals surface area (Å²) >= 11 is 5.35. The predicted octanol–water partition coefficient (Wildman–Crippen LogP) is 2.07. The van der Waals surface area contributed by atoms with Crippen LogP contribution in [0.25, 0.3) is 0 Å². The van der Waals surface area contributed by atoms with E-state index in [4.69, 9.17) is 11.6 Å². The molecular formula is C7H11ClF3NO. The van der Waals surface area contributed by atoms with E-state index in [1.54, 1.807) is 0 Å². The topological polar surface area (TPSA) is 29.1 Å². The molecule has 0 aromatic carbocycles. The van der Waals surface area contributed by atoms with Crippen LogP contribution in [0.2, 0.25) is 0 Å². The SMILES string of the molecule is CC(CC(F)(F)F)NC(=O)C(C)Cl. The van der Waals surface area contributed by atoms with E-state index >= 15 is 0 Å². The lowest BCUT2D eigenvalue weighted by atomic mass is 10.2. The Morgan fingerprint density at radius 2 is 1.92 bits per heavy atom. The summed E-state index contributed by atoms with van der Waals surface area (Å²) in [5.74, 6) is -0.585. The van der Waals surface area contributed by atoms with E-state index < -0.39 is 29.9 Å². The minimum atomic E-state index is -4.26. The van der Waals surface area contributed by atoms with E-state index in [9.17, 15) is 18.0 Å². The third kappa shape index (κ3) is 6.69. The summed E-state index contributed by atoms with van der Waals surface area (Å²) in [5.41, 5.74) is 0. The van der Waals surface area contributed by atoms with Crippen LogP contribution in [-0.4, -0.2) is 23.5 Å². The molecule has 1 amide bonds. The summed E-state index contributed by atoms with van der Waals surface area (Å²) < 4.78 is 35.3. The van der Waals surface area contributed by atoms with Crippen LogP contribution in [0.15, 0.2) is 0 Å². The van der Waals surface area contributed by atoms with Crippen molar-refractivity contribution < 1.29 is 18.0 Å². The van der Waals surface area contributed by atoms with Crippen LogP contribution in [0, 0.1) is 0 Å². The molecule has 0 aliphatic rings. The third-order valence-electron chi connectivity index (χ3n) is 1.29. The molecule has 2 nitrogen and oxygen atoms in total. The molecule has 2 unspecified atom stereocenters. The van der Waals surface area contributed by atoms with Gasteiger partial charge in [-0.2, -0.15) is 13.2 Å². The van der Waals surface area contributed by atoms with Crippen molar-refractivity contribution in [2.75, 3.05) is 0 Å². The van der Waals surface area contributed by atoms with Gasteiger partial charge in [0.25, 0.3) is 0 Å². The van der Waals surface area contributed by atoms with E-state index in [-0.39, 0.29) is 0 Å². The first-order chi connectivity index (χ1) is 5.72. The van der Waals surface area contributed by atoms with Crippen molar-refractivity contribution in [1.82, 2.24) is 5.32 Å². The molecule has 0 bridgehead atoms. The first-order valence-electron chi connectivity index (χ1n) is 3.73. The van der Waals surface area contributed by atoms with Crippen LogP contribution in [0.3, 0.4) is 0 Å². The molecule has 0 fully saturated rings. The minimum Gasteiger partial charge on any atom is -0.352 e. The van der Waals surface area contributed by atoms with Crippen molar-refractivity contribution >= 4 is 17.5 Å². The molecule has 1 N–H and O–H groups in total. The highest BCUT2D eigenvalue weighted by Gasteiger charge is 2.30. The standard InChI is InChI=1S/C7H11ClF3NO/c1-4(3-7(9,10)11)12-6(13)5(2)8/h4-5H,3H2,1-2H3,(H,12,13). The number of hydrogen-bond donors (Lipinski definition) is 1. The van der Waals surface area contributed by atoms with E-state index in [1.807, 2.05) is 0 Å². The highest BCUT2D eigenvalue weighted by atomic mass is 35.5. The highest BCUT2D eigenvalue weighted by Crippen LogP contribution is 2.21. The van der Waals surface area contributed by atoms with Crippen LogP contribution in [-0.2, 0) is 4.79 Å². The highest BCUT2D eigenvalue weighted by molar-refractivity contribution is 6.30. The maximum Gasteiger partial charge on any atom is 0.391 e. The Bertz CT molecular complexity index is 181. The van der Waals surface area contributed by atoms with Crippen molar-refractivity contribution in [2.45, 2.75) is 37.9 Å². The smallest absolute Gasteiger partial charge is 0.352 e. The number of alkyl halides is 4. The van der Waals surface area contributed by atoms with Gasteiger partial charge in [0.05, 0.1) is 6.42 Å². The van der Waals surface area contributed by atoms with Gasteiger partial charge >= 0.3 is 6.18 Å². The Kier molecular flexibility index (Phi) is 4.53. The fourth-order valence-corrected chi connectivity index (χ4v) is 0.819. The van der Waals surface area contributed by atoms with E-state index in [0.717, 1.165) is 0 Å². The molecule has 0 aromatic rings. The number of hydrogen-bond acceptors (Lipinski definition) is 1. The largest absolute Gasteiger partial charge is 0.391 e. The minimum absolute atomic E-state index is 0.585. The van der Waals surface area contributed by atoms with Crippen molar-refractivity contribution in [3.8, 4) is 0 Å². The summed E-state index contributed by atoms with van der Waals surface area (Å²) in [7, 11) is 0. The molecule has 0 saturated carbocycles. The van der Waals surface area contributed by atoms with Gasteiger partial charge in [0, 0.05) is 6.04 Å². The van der Waals surface area contributed by atoms with Gasteiger partial charge in [-0.3, -0.25) is 4.79 Å². The van der Waals surface area contributed by atoms with Crippen LogP contribution in [0.1, 0.15) is 20.3 Å². The Labute approximate surface area is 79.4 Å². The Balaban J connectivity index is 3.88. The summed E-state index contributed by atoms with van der Waals surface area (Å²) in [6.45, 7) is 2.68. The molecule has 78 valence electrons. The summed E-state index contributed by atoms with van der Waals surface area (Å²) in [4.78, 5) is 10.8. The number of carbonyl (C=O) groups excluding carboxylic acids is 1. The second-order valence-corrected chi connectivity index (χ2v) is 3.50. The predicted molar refractivity (Wildman–Crippen MR) is 43.6 cm³/mol. The summed E-state index contributed by atoms with van der Waals surface area (Å²) in [6, 6.07) is -0.936. The lowest BCUT2D eigenvalue weighted by Crippen LogP contribution is -2.39. The number of carbonyl (C=O) groups is 1. The number of amides is 1. The van der Waals surface area contributed by atoms with Crippen molar-refractivity contribution in [3.63, 3.8) is 0 Å². The molecule has 0 saturated heterocycles. The monoisotopic (exact) mass is 217 g/mol. The van der Waals surface area contributed by atoms with E-state index in [0.29, 0.717) is 0 Å². The van der Waals surface area contributed by atoms with Gasteiger partial charge in [-0.1, -0.05) is 0 Å². The van der Waals surface area contributed by atoms with Gasteiger partial charge in [0.2, 0.25) is 5.91 Å². The third-order valence-corrected chi connectivity index (χ3v) is 1.49. The normalized spacial score (nSPS) is 16.5. The average Bonchev–Trinajstić information content (AvgIpc) is 1.81. The average molecular weight is 218 g/mol. The fourth-order valence-electron chi connectivity index (χ4n) is 0.756. The number of nitrogens with one attached hydrogen (secondary N) is 1. The van der Waals surface area contributed by atoms with Gasteiger partial charge in [-0.15, -0.1) is 11.6 Å². The van der Waals surface area contributed by atoms with Gasteiger partial charge < -0.3 is 5.32 Å². The second kappa shape index (κ2) is 4.69. The zero-order chi connectivity index (χ0) is 10.6. The van der Waals surface area contributed by atoms with Gasteiger partial charge in [0.15, 0.2) is 0 Å². The summed E-state index contributed by atoms with van der Waals surface area (Å²) in [6.07, 6.45) is -5.30. The molecule has 6 heteroatoms. The van der Waals surface area contributed by atoms with Crippen LogP contribution >= 0.6 is 11.6 Å². The first kappa shape index (κ1) is 12.6. The fraction of sp³-hybridized carbons (Fsp3) is 0.857. The molecule has 0 aliphatic heterocycles. The molecule has 0 radical (unpaired) electrons. The molecule has 0 aromatic heterocycles. The maximum atomic E-state index is 11.8. The number of halogens is 4. The second-order valence-electron chi connectivity index (χ2n) is 2.84. The summed E-state index contributed by atoms with van der Waals surface area (Å²) in [5, 5.41) is 1.34. The molecule has 0 aliphatic carbocycles. The quantitative estimate of drug-likeness (QED) is 0.721. The zero-order valence-corrected chi connectivity index (χ0v) is 8.04. The lowest BCUT2D eigenvalue weighted by Gasteiger charge is -2.16.